The molecule has 0 radical (unpaired) electrons. The van der Waals surface area contributed by atoms with E-state index in [1.807, 2.05) is 11.8 Å². The Morgan fingerprint density at radius 2 is 2.23 bits per heavy atom. The predicted octanol–water partition coefficient (Wildman–Crippen LogP) is 0.840. The zero-order valence-corrected chi connectivity index (χ0v) is 8.62. The monoisotopic (exact) mass is 184 g/mol. The molecule has 1 fully saturated rings. The maximum atomic E-state index is 11.7. The quantitative estimate of drug-likeness (QED) is 0.688. The van der Waals surface area contributed by atoms with Crippen molar-refractivity contribution in [2.75, 3.05) is 19.6 Å². The van der Waals surface area contributed by atoms with Crippen molar-refractivity contribution in [1.29, 1.82) is 0 Å². The summed E-state index contributed by atoms with van der Waals surface area (Å²) in [6, 6.07) is 0. The Kier molecular flexibility index (Phi) is 3.72. The lowest BCUT2D eigenvalue weighted by Crippen LogP contribution is -2.34. The van der Waals surface area contributed by atoms with Crippen molar-refractivity contribution in [3.8, 4) is 0 Å². The van der Waals surface area contributed by atoms with Crippen molar-refractivity contribution in [2.24, 2.45) is 17.6 Å². The number of hydrogen-bond donors (Lipinski definition) is 1. The van der Waals surface area contributed by atoms with Gasteiger partial charge in [0.15, 0.2) is 0 Å². The molecule has 2 N–H and O–H groups in total. The second-order valence-electron chi connectivity index (χ2n) is 3.88. The van der Waals surface area contributed by atoms with Gasteiger partial charge < -0.3 is 10.6 Å². The average Bonchev–Trinajstić information content (AvgIpc) is 2.84. The third kappa shape index (κ3) is 2.69. The Hall–Kier alpha value is -0.570. The van der Waals surface area contributed by atoms with Crippen molar-refractivity contribution in [3.63, 3.8) is 0 Å². The molecule has 0 aromatic heterocycles. The van der Waals surface area contributed by atoms with Crippen LogP contribution in [-0.2, 0) is 4.79 Å². The van der Waals surface area contributed by atoms with E-state index in [1.54, 1.807) is 0 Å². The molecule has 0 heterocycles. The fourth-order valence-electron chi connectivity index (χ4n) is 1.61. The van der Waals surface area contributed by atoms with Gasteiger partial charge in [-0.1, -0.05) is 6.92 Å². The summed E-state index contributed by atoms with van der Waals surface area (Å²) >= 11 is 0. The molecule has 1 aliphatic rings. The van der Waals surface area contributed by atoms with Crippen molar-refractivity contribution in [3.05, 3.63) is 0 Å². The summed E-state index contributed by atoms with van der Waals surface area (Å²) in [4.78, 5) is 13.7. The maximum absolute atomic E-state index is 11.7. The average molecular weight is 184 g/mol. The highest BCUT2D eigenvalue weighted by atomic mass is 16.2. The van der Waals surface area contributed by atoms with E-state index in [2.05, 4.69) is 6.92 Å². The fraction of sp³-hybridized carbons (Fsp3) is 0.900. The van der Waals surface area contributed by atoms with Crippen LogP contribution in [0.2, 0.25) is 0 Å². The van der Waals surface area contributed by atoms with Gasteiger partial charge in [0, 0.05) is 19.0 Å². The number of carbonyl (C=O) groups excluding carboxylic acids is 1. The predicted molar refractivity (Wildman–Crippen MR) is 53.2 cm³/mol. The number of rotatable bonds is 5. The highest BCUT2D eigenvalue weighted by Crippen LogP contribution is 2.39. The summed E-state index contributed by atoms with van der Waals surface area (Å²) in [5, 5.41) is 0. The van der Waals surface area contributed by atoms with E-state index >= 15 is 0 Å². The minimum absolute atomic E-state index is 0.317. The standard InChI is InChI=1S/C10H20N2O/c1-3-12(6-4-5-11)10(13)9-7-8(9)2/h8-9H,3-7,11H2,1-2H3. The third-order valence-corrected chi connectivity index (χ3v) is 2.75. The zero-order valence-electron chi connectivity index (χ0n) is 8.62. The minimum atomic E-state index is 0.317. The Bertz CT molecular complexity index is 182. The molecule has 2 atom stereocenters. The van der Waals surface area contributed by atoms with E-state index < -0.39 is 0 Å². The molecule has 3 heteroatoms. The van der Waals surface area contributed by atoms with Crippen LogP contribution in [0.4, 0.5) is 0 Å². The van der Waals surface area contributed by atoms with Gasteiger partial charge in [0.1, 0.15) is 0 Å². The van der Waals surface area contributed by atoms with Crippen LogP contribution < -0.4 is 5.73 Å². The van der Waals surface area contributed by atoms with Crippen LogP contribution in [0.5, 0.6) is 0 Å². The highest BCUT2D eigenvalue weighted by molar-refractivity contribution is 5.81. The Morgan fingerprint density at radius 1 is 1.62 bits per heavy atom. The summed E-state index contributed by atoms with van der Waals surface area (Å²) in [6.07, 6.45) is 2.00. The third-order valence-electron chi connectivity index (χ3n) is 2.75. The first-order valence-corrected chi connectivity index (χ1v) is 5.19. The van der Waals surface area contributed by atoms with E-state index in [9.17, 15) is 4.79 Å². The molecule has 1 saturated carbocycles. The van der Waals surface area contributed by atoms with E-state index in [-0.39, 0.29) is 0 Å². The first-order valence-electron chi connectivity index (χ1n) is 5.19. The van der Waals surface area contributed by atoms with Crippen LogP contribution >= 0.6 is 0 Å². The van der Waals surface area contributed by atoms with Gasteiger partial charge >= 0.3 is 0 Å². The zero-order chi connectivity index (χ0) is 9.84. The first-order chi connectivity index (χ1) is 6.20. The van der Waals surface area contributed by atoms with Crippen LogP contribution in [0.3, 0.4) is 0 Å². The lowest BCUT2D eigenvalue weighted by molar-refractivity contribution is -0.132. The number of carbonyl (C=O) groups is 1. The number of hydrogen-bond acceptors (Lipinski definition) is 2. The molecule has 0 aromatic rings. The number of nitrogens with two attached hydrogens (primary N) is 1. The molecule has 0 spiro atoms. The molecule has 3 nitrogen and oxygen atoms in total. The minimum Gasteiger partial charge on any atom is -0.343 e. The molecular formula is C10H20N2O. The summed E-state index contributed by atoms with van der Waals surface area (Å²) in [5.41, 5.74) is 5.41. The van der Waals surface area contributed by atoms with Gasteiger partial charge in [-0.3, -0.25) is 4.79 Å². The lowest BCUT2D eigenvalue weighted by Gasteiger charge is -2.20. The topological polar surface area (TPSA) is 46.3 Å². The van der Waals surface area contributed by atoms with Gasteiger partial charge in [-0.15, -0.1) is 0 Å². The molecule has 0 bridgehead atoms. The number of nitrogens with zero attached hydrogens (tertiary/aromatic N) is 1. The Labute approximate surface area is 80.3 Å². The van der Waals surface area contributed by atoms with E-state index in [0.29, 0.717) is 24.3 Å². The normalized spacial score (nSPS) is 25.8. The van der Waals surface area contributed by atoms with Gasteiger partial charge in [-0.05, 0) is 32.2 Å². The van der Waals surface area contributed by atoms with Gasteiger partial charge in [0.2, 0.25) is 5.91 Å². The van der Waals surface area contributed by atoms with Crippen molar-refractivity contribution >= 4 is 5.91 Å². The van der Waals surface area contributed by atoms with Crippen molar-refractivity contribution in [2.45, 2.75) is 26.7 Å². The second-order valence-corrected chi connectivity index (χ2v) is 3.88. The molecule has 0 aliphatic heterocycles. The Morgan fingerprint density at radius 3 is 2.62 bits per heavy atom. The largest absolute Gasteiger partial charge is 0.343 e. The van der Waals surface area contributed by atoms with Crippen LogP contribution in [0.25, 0.3) is 0 Å². The highest BCUT2D eigenvalue weighted by Gasteiger charge is 2.40. The van der Waals surface area contributed by atoms with Gasteiger partial charge in [-0.2, -0.15) is 0 Å². The number of amides is 1. The molecule has 2 unspecified atom stereocenters. The molecule has 1 rings (SSSR count). The summed E-state index contributed by atoms with van der Waals surface area (Å²) in [7, 11) is 0. The SMILES string of the molecule is CCN(CCCN)C(=O)C1CC1C. The molecule has 13 heavy (non-hydrogen) atoms. The maximum Gasteiger partial charge on any atom is 0.225 e. The molecule has 0 aromatic carbocycles. The van der Waals surface area contributed by atoms with E-state index in [0.717, 1.165) is 25.9 Å². The van der Waals surface area contributed by atoms with Crippen molar-refractivity contribution in [1.82, 2.24) is 4.90 Å². The summed E-state index contributed by atoms with van der Waals surface area (Å²) in [6.45, 7) is 6.49. The summed E-state index contributed by atoms with van der Waals surface area (Å²) < 4.78 is 0. The second kappa shape index (κ2) is 4.61. The molecule has 1 amide bonds. The van der Waals surface area contributed by atoms with E-state index in [4.69, 9.17) is 5.73 Å². The molecule has 1 aliphatic carbocycles. The first kappa shape index (κ1) is 10.5. The Balaban J connectivity index is 2.32. The van der Waals surface area contributed by atoms with E-state index in [1.165, 1.54) is 0 Å². The smallest absolute Gasteiger partial charge is 0.225 e. The fourth-order valence-corrected chi connectivity index (χ4v) is 1.61. The van der Waals surface area contributed by atoms with Crippen molar-refractivity contribution < 1.29 is 4.79 Å². The van der Waals surface area contributed by atoms with Crippen LogP contribution in [-0.4, -0.2) is 30.4 Å². The van der Waals surface area contributed by atoms with Crippen LogP contribution in [0.15, 0.2) is 0 Å². The molecule has 76 valence electrons. The summed E-state index contributed by atoms with van der Waals surface area (Å²) in [5.74, 6) is 1.26. The van der Waals surface area contributed by atoms with Crippen LogP contribution in [0.1, 0.15) is 26.7 Å². The van der Waals surface area contributed by atoms with Crippen LogP contribution in [0, 0.1) is 11.8 Å². The molecule has 0 saturated heterocycles. The lowest BCUT2D eigenvalue weighted by atomic mass is 10.2. The van der Waals surface area contributed by atoms with Gasteiger partial charge in [0.05, 0.1) is 0 Å². The van der Waals surface area contributed by atoms with Gasteiger partial charge in [-0.25, -0.2) is 0 Å². The van der Waals surface area contributed by atoms with Gasteiger partial charge in [0.25, 0.3) is 0 Å². The molecular weight excluding hydrogens is 164 g/mol.